The van der Waals surface area contributed by atoms with Crippen LogP contribution in [0.15, 0.2) is 4.52 Å². The Morgan fingerprint density at radius 2 is 2.10 bits per heavy atom. The third-order valence-corrected chi connectivity index (χ3v) is 4.06. The Kier molecular flexibility index (Phi) is 4.63. The maximum absolute atomic E-state index is 5.80. The molecule has 1 atom stereocenters. The fraction of sp³-hybridized carbons (Fsp3) is 0.643. The first-order valence-corrected chi connectivity index (χ1v) is 7.75. The second kappa shape index (κ2) is 6.11. The van der Waals surface area contributed by atoms with Crippen molar-refractivity contribution in [2.45, 2.75) is 40.7 Å². The SMILES string of the molecule is CCOC(c1noc(-c2c(C)nsc2NC)n1)C(C)(C)C. The summed E-state index contributed by atoms with van der Waals surface area (Å²) in [5.74, 6) is 1.06. The molecular formula is C14H22N4O2S. The minimum atomic E-state index is -0.204. The number of nitrogens with one attached hydrogen (secondary N) is 1. The molecule has 116 valence electrons. The molecule has 2 rings (SSSR count). The Bertz CT molecular complexity index is 600. The van der Waals surface area contributed by atoms with Gasteiger partial charge in [-0.1, -0.05) is 25.9 Å². The molecule has 2 heterocycles. The van der Waals surface area contributed by atoms with Gasteiger partial charge in [-0.3, -0.25) is 0 Å². The van der Waals surface area contributed by atoms with Gasteiger partial charge in [0, 0.05) is 13.7 Å². The summed E-state index contributed by atoms with van der Waals surface area (Å²) < 4.78 is 15.6. The van der Waals surface area contributed by atoms with Gasteiger partial charge in [-0.2, -0.15) is 9.36 Å². The van der Waals surface area contributed by atoms with Crippen LogP contribution < -0.4 is 5.32 Å². The molecule has 1 N–H and O–H groups in total. The summed E-state index contributed by atoms with van der Waals surface area (Å²) in [5, 5.41) is 8.14. The quantitative estimate of drug-likeness (QED) is 0.908. The van der Waals surface area contributed by atoms with Gasteiger partial charge >= 0.3 is 0 Å². The molecule has 0 bridgehead atoms. The van der Waals surface area contributed by atoms with Crippen molar-refractivity contribution in [3.8, 4) is 11.5 Å². The van der Waals surface area contributed by atoms with E-state index in [9.17, 15) is 0 Å². The highest BCUT2D eigenvalue weighted by Gasteiger charge is 2.32. The number of nitrogens with zero attached hydrogens (tertiary/aromatic N) is 3. The van der Waals surface area contributed by atoms with Crippen molar-refractivity contribution < 1.29 is 9.26 Å². The molecule has 0 aliphatic carbocycles. The molecule has 21 heavy (non-hydrogen) atoms. The van der Waals surface area contributed by atoms with E-state index in [1.54, 1.807) is 0 Å². The highest BCUT2D eigenvalue weighted by atomic mass is 32.1. The summed E-state index contributed by atoms with van der Waals surface area (Å²) in [5.41, 5.74) is 1.64. The van der Waals surface area contributed by atoms with Crippen LogP contribution in [0.4, 0.5) is 5.00 Å². The number of aryl methyl sites for hydroxylation is 1. The number of rotatable bonds is 5. The number of hydrogen-bond donors (Lipinski definition) is 1. The molecule has 0 saturated heterocycles. The average Bonchev–Trinajstić information content (AvgIpc) is 3.00. The van der Waals surface area contributed by atoms with Gasteiger partial charge < -0.3 is 14.6 Å². The summed E-state index contributed by atoms with van der Waals surface area (Å²) in [6, 6.07) is 0. The molecule has 0 aromatic carbocycles. The van der Waals surface area contributed by atoms with E-state index in [1.807, 2.05) is 20.9 Å². The summed E-state index contributed by atoms with van der Waals surface area (Å²) in [7, 11) is 1.85. The predicted molar refractivity (Wildman–Crippen MR) is 83.5 cm³/mol. The van der Waals surface area contributed by atoms with Crippen LogP contribution in [0, 0.1) is 12.3 Å². The van der Waals surface area contributed by atoms with E-state index in [0.29, 0.717) is 18.3 Å². The van der Waals surface area contributed by atoms with Crippen LogP contribution in [0.1, 0.15) is 45.3 Å². The molecule has 6 nitrogen and oxygen atoms in total. The second-order valence-corrected chi connectivity index (χ2v) is 6.65. The number of hydrogen-bond acceptors (Lipinski definition) is 7. The van der Waals surface area contributed by atoms with E-state index in [1.165, 1.54) is 11.5 Å². The summed E-state index contributed by atoms with van der Waals surface area (Å²) in [6.07, 6.45) is -0.204. The Morgan fingerprint density at radius 3 is 2.67 bits per heavy atom. The molecule has 0 amide bonds. The van der Waals surface area contributed by atoms with Crippen LogP contribution in [-0.2, 0) is 4.74 Å². The van der Waals surface area contributed by atoms with Crippen LogP contribution in [0.2, 0.25) is 0 Å². The van der Waals surface area contributed by atoms with Crippen molar-refractivity contribution in [2.24, 2.45) is 5.41 Å². The largest absolute Gasteiger partial charge is 0.378 e. The highest BCUT2D eigenvalue weighted by molar-refractivity contribution is 7.10. The maximum atomic E-state index is 5.80. The molecule has 0 aliphatic heterocycles. The maximum Gasteiger partial charge on any atom is 0.262 e. The van der Waals surface area contributed by atoms with Gasteiger partial charge in [-0.15, -0.1) is 0 Å². The monoisotopic (exact) mass is 310 g/mol. The third-order valence-electron chi connectivity index (χ3n) is 3.10. The van der Waals surface area contributed by atoms with E-state index in [2.05, 4.69) is 40.6 Å². The third kappa shape index (κ3) is 3.24. The lowest BCUT2D eigenvalue weighted by molar-refractivity contribution is -0.0203. The van der Waals surface area contributed by atoms with Gasteiger partial charge in [-0.05, 0) is 30.8 Å². The summed E-state index contributed by atoms with van der Waals surface area (Å²) in [4.78, 5) is 4.53. The molecule has 1 unspecified atom stereocenters. The van der Waals surface area contributed by atoms with Gasteiger partial charge in [0.15, 0.2) is 0 Å². The molecule has 0 spiro atoms. The zero-order valence-corrected chi connectivity index (χ0v) is 14.2. The lowest BCUT2D eigenvalue weighted by Gasteiger charge is -2.27. The van der Waals surface area contributed by atoms with Crippen molar-refractivity contribution in [3.05, 3.63) is 11.5 Å². The Hall–Kier alpha value is -1.47. The predicted octanol–water partition coefficient (Wildman–Crippen LogP) is 3.67. The first kappa shape index (κ1) is 15.9. The van der Waals surface area contributed by atoms with Crippen molar-refractivity contribution in [1.82, 2.24) is 14.5 Å². The van der Waals surface area contributed by atoms with Gasteiger partial charge in [-0.25, -0.2) is 0 Å². The standard InChI is InChI=1S/C14H22N4O2S/c1-7-19-10(14(3,4)5)11-16-12(20-17-11)9-8(2)18-21-13(9)15-6/h10,15H,7H2,1-6H3. The van der Waals surface area contributed by atoms with Gasteiger partial charge in [0.25, 0.3) is 5.89 Å². The lowest BCUT2D eigenvalue weighted by Crippen LogP contribution is -2.22. The van der Waals surface area contributed by atoms with E-state index in [0.717, 1.165) is 16.3 Å². The number of ether oxygens (including phenoxy) is 1. The van der Waals surface area contributed by atoms with Crippen molar-refractivity contribution in [2.75, 3.05) is 19.0 Å². The van der Waals surface area contributed by atoms with E-state index in [4.69, 9.17) is 9.26 Å². The summed E-state index contributed by atoms with van der Waals surface area (Å²) >= 11 is 1.38. The number of anilines is 1. The molecule has 7 heteroatoms. The Balaban J connectivity index is 2.39. The van der Waals surface area contributed by atoms with Gasteiger partial charge in [0.05, 0.1) is 11.3 Å². The molecule has 0 aliphatic rings. The zero-order chi connectivity index (χ0) is 15.6. The molecular weight excluding hydrogens is 288 g/mol. The van der Waals surface area contributed by atoms with Crippen molar-refractivity contribution in [3.63, 3.8) is 0 Å². The average molecular weight is 310 g/mol. The summed E-state index contributed by atoms with van der Waals surface area (Å²) in [6.45, 7) is 10.8. The van der Waals surface area contributed by atoms with E-state index < -0.39 is 0 Å². The van der Waals surface area contributed by atoms with Crippen LogP contribution in [0.25, 0.3) is 11.5 Å². The zero-order valence-electron chi connectivity index (χ0n) is 13.4. The molecule has 0 fully saturated rings. The van der Waals surface area contributed by atoms with Crippen LogP contribution >= 0.6 is 11.5 Å². The normalized spacial score (nSPS) is 13.4. The van der Waals surface area contributed by atoms with Gasteiger partial charge in [0.2, 0.25) is 5.82 Å². The highest BCUT2D eigenvalue weighted by Crippen LogP contribution is 2.37. The van der Waals surface area contributed by atoms with E-state index in [-0.39, 0.29) is 11.5 Å². The van der Waals surface area contributed by atoms with E-state index >= 15 is 0 Å². The van der Waals surface area contributed by atoms with Gasteiger partial charge in [0.1, 0.15) is 11.1 Å². The molecule has 2 aromatic heterocycles. The lowest BCUT2D eigenvalue weighted by atomic mass is 9.88. The van der Waals surface area contributed by atoms with Crippen LogP contribution in [0.5, 0.6) is 0 Å². The van der Waals surface area contributed by atoms with Crippen molar-refractivity contribution >= 4 is 16.5 Å². The minimum Gasteiger partial charge on any atom is -0.378 e. The Morgan fingerprint density at radius 1 is 1.38 bits per heavy atom. The van der Waals surface area contributed by atoms with Crippen LogP contribution in [-0.4, -0.2) is 28.2 Å². The molecule has 2 aromatic rings. The fourth-order valence-electron chi connectivity index (χ4n) is 2.11. The minimum absolute atomic E-state index is 0.106. The van der Waals surface area contributed by atoms with Crippen LogP contribution in [0.3, 0.4) is 0 Å². The first-order chi connectivity index (χ1) is 9.88. The topological polar surface area (TPSA) is 73.1 Å². The molecule has 0 radical (unpaired) electrons. The smallest absolute Gasteiger partial charge is 0.262 e. The molecule has 0 saturated carbocycles. The second-order valence-electron chi connectivity index (χ2n) is 5.88. The Labute approximate surface area is 129 Å². The first-order valence-electron chi connectivity index (χ1n) is 6.98. The van der Waals surface area contributed by atoms with Crippen molar-refractivity contribution in [1.29, 1.82) is 0 Å². The fourth-order valence-corrected chi connectivity index (χ4v) is 2.85. The number of aromatic nitrogens is 3.